The van der Waals surface area contributed by atoms with E-state index in [4.69, 9.17) is 14.6 Å². The maximum Gasteiger partial charge on any atom is 0.303 e. The summed E-state index contributed by atoms with van der Waals surface area (Å²) in [5, 5.41) is 11.9. The van der Waals surface area contributed by atoms with Crippen LogP contribution in [0.25, 0.3) is 0 Å². The van der Waals surface area contributed by atoms with Crippen LogP contribution in [0.4, 0.5) is 0 Å². The molecule has 0 saturated heterocycles. The van der Waals surface area contributed by atoms with E-state index in [2.05, 4.69) is 5.32 Å². The Balaban J connectivity index is 2.11. The predicted molar refractivity (Wildman–Crippen MR) is 70.6 cm³/mol. The molecule has 0 spiro atoms. The van der Waals surface area contributed by atoms with Crippen LogP contribution < -0.4 is 14.8 Å². The van der Waals surface area contributed by atoms with E-state index in [0.717, 1.165) is 29.0 Å². The Hall–Kier alpha value is -1.75. The van der Waals surface area contributed by atoms with Gasteiger partial charge in [-0.3, -0.25) is 4.79 Å². The molecule has 104 valence electrons. The number of aryl methyl sites for hydroxylation is 1. The van der Waals surface area contributed by atoms with E-state index in [-0.39, 0.29) is 19.3 Å². The number of rotatable bonds is 6. The van der Waals surface area contributed by atoms with Crippen LogP contribution >= 0.6 is 0 Å². The van der Waals surface area contributed by atoms with Crippen molar-refractivity contribution < 1.29 is 19.4 Å². The predicted octanol–water partition coefficient (Wildman–Crippen LogP) is 2.24. The minimum absolute atomic E-state index is 0.133. The highest BCUT2D eigenvalue weighted by Crippen LogP contribution is 2.37. The molecular weight excluding hydrogens is 246 g/mol. The number of carboxylic acid groups (broad SMARTS) is 1. The Morgan fingerprint density at radius 1 is 1.42 bits per heavy atom. The third-order valence-electron chi connectivity index (χ3n) is 3.37. The number of carboxylic acids is 1. The fourth-order valence-electron chi connectivity index (χ4n) is 2.35. The summed E-state index contributed by atoms with van der Waals surface area (Å²) in [6, 6.07) is 4.09. The molecule has 1 unspecified atom stereocenters. The number of benzene rings is 1. The molecular formula is C14H19NO4. The summed E-state index contributed by atoms with van der Waals surface area (Å²) >= 11 is 0. The van der Waals surface area contributed by atoms with Gasteiger partial charge in [-0.15, -0.1) is 0 Å². The molecule has 1 aliphatic heterocycles. The molecule has 1 aromatic rings. The van der Waals surface area contributed by atoms with Crippen LogP contribution in [0, 0.1) is 6.92 Å². The van der Waals surface area contributed by atoms with Gasteiger partial charge in [-0.25, -0.2) is 0 Å². The third kappa shape index (κ3) is 3.17. The summed E-state index contributed by atoms with van der Waals surface area (Å²) in [7, 11) is 1.88. The molecule has 5 nitrogen and oxygen atoms in total. The average Bonchev–Trinajstić information content (AvgIpc) is 2.80. The molecule has 1 atom stereocenters. The largest absolute Gasteiger partial charge is 0.481 e. The number of carbonyl (C=O) groups is 1. The second-order valence-electron chi connectivity index (χ2n) is 4.69. The molecule has 0 radical (unpaired) electrons. The Morgan fingerprint density at radius 2 is 2.11 bits per heavy atom. The van der Waals surface area contributed by atoms with E-state index < -0.39 is 5.97 Å². The van der Waals surface area contributed by atoms with E-state index in [0.29, 0.717) is 6.42 Å². The Labute approximate surface area is 112 Å². The van der Waals surface area contributed by atoms with Crippen molar-refractivity contribution in [2.45, 2.75) is 32.2 Å². The van der Waals surface area contributed by atoms with Gasteiger partial charge in [0.05, 0.1) is 0 Å². The number of hydrogen-bond donors (Lipinski definition) is 2. The standard InChI is InChI=1S/C14H19NO4/c1-9-6-12-13(19-8-18-12)7-10(9)11(15-2)4-3-5-14(16)17/h6-7,11,15H,3-5,8H2,1-2H3,(H,16,17). The minimum atomic E-state index is -0.753. The van der Waals surface area contributed by atoms with Gasteiger partial charge in [0.1, 0.15) is 0 Å². The normalized spacial score (nSPS) is 14.4. The summed E-state index contributed by atoms with van der Waals surface area (Å²) in [5.41, 5.74) is 2.26. The quantitative estimate of drug-likeness (QED) is 0.825. The van der Waals surface area contributed by atoms with Crippen LogP contribution in [-0.2, 0) is 4.79 Å². The van der Waals surface area contributed by atoms with Crippen LogP contribution in [0.15, 0.2) is 12.1 Å². The first-order chi connectivity index (χ1) is 9.11. The van der Waals surface area contributed by atoms with Crippen molar-refractivity contribution in [3.8, 4) is 11.5 Å². The Kier molecular flexibility index (Phi) is 4.27. The van der Waals surface area contributed by atoms with E-state index in [1.807, 2.05) is 26.1 Å². The zero-order valence-electron chi connectivity index (χ0n) is 11.2. The van der Waals surface area contributed by atoms with Crippen molar-refractivity contribution in [1.82, 2.24) is 5.32 Å². The topological polar surface area (TPSA) is 67.8 Å². The summed E-state index contributed by atoms with van der Waals surface area (Å²) < 4.78 is 10.7. The summed E-state index contributed by atoms with van der Waals surface area (Å²) in [4.78, 5) is 10.6. The monoisotopic (exact) mass is 265 g/mol. The molecule has 0 fully saturated rings. The van der Waals surface area contributed by atoms with Crippen molar-refractivity contribution in [3.05, 3.63) is 23.3 Å². The fraction of sp³-hybridized carbons (Fsp3) is 0.500. The number of aliphatic carboxylic acids is 1. The lowest BCUT2D eigenvalue weighted by molar-refractivity contribution is -0.137. The Morgan fingerprint density at radius 3 is 2.74 bits per heavy atom. The molecule has 1 aliphatic rings. The minimum Gasteiger partial charge on any atom is -0.481 e. The fourth-order valence-corrected chi connectivity index (χ4v) is 2.35. The van der Waals surface area contributed by atoms with E-state index in [1.165, 1.54) is 0 Å². The molecule has 0 bridgehead atoms. The summed E-state index contributed by atoms with van der Waals surface area (Å²) in [6.07, 6.45) is 1.62. The molecule has 2 N–H and O–H groups in total. The van der Waals surface area contributed by atoms with Gasteiger partial charge in [-0.05, 0) is 50.1 Å². The molecule has 1 heterocycles. The van der Waals surface area contributed by atoms with Crippen LogP contribution in [0.3, 0.4) is 0 Å². The van der Waals surface area contributed by atoms with Crippen LogP contribution in [-0.4, -0.2) is 24.9 Å². The van der Waals surface area contributed by atoms with Crippen LogP contribution in [0.5, 0.6) is 11.5 Å². The van der Waals surface area contributed by atoms with E-state index in [9.17, 15) is 4.79 Å². The first-order valence-corrected chi connectivity index (χ1v) is 6.41. The van der Waals surface area contributed by atoms with Gasteiger partial charge in [0, 0.05) is 12.5 Å². The maximum atomic E-state index is 10.6. The number of nitrogens with one attached hydrogen (secondary N) is 1. The van der Waals surface area contributed by atoms with Gasteiger partial charge < -0.3 is 19.9 Å². The Bertz CT molecular complexity index is 473. The van der Waals surface area contributed by atoms with Gasteiger partial charge in [-0.2, -0.15) is 0 Å². The van der Waals surface area contributed by atoms with Gasteiger partial charge in [0.15, 0.2) is 11.5 Å². The average molecular weight is 265 g/mol. The van der Waals surface area contributed by atoms with Crippen molar-refractivity contribution in [2.75, 3.05) is 13.8 Å². The smallest absolute Gasteiger partial charge is 0.303 e. The second kappa shape index (κ2) is 5.93. The highest BCUT2D eigenvalue weighted by Gasteiger charge is 2.19. The molecule has 0 saturated carbocycles. The van der Waals surface area contributed by atoms with Crippen molar-refractivity contribution in [2.24, 2.45) is 0 Å². The molecule has 1 aromatic carbocycles. The summed E-state index contributed by atoms with van der Waals surface area (Å²) in [6.45, 7) is 2.29. The molecule has 0 aliphatic carbocycles. The SMILES string of the molecule is CNC(CCCC(=O)O)c1cc2c(cc1C)OCO2. The number of ether oxygens (including phenoxy) is 2. The first kappa shape index (κ1) is 13.7. The summed E-state index contributed by atoms with van der Waals surface area (Å²) in [5.74, 6) is 0.790. The van der Waals surface area contributed by atoms with Crippen LogP contribution in [0.2, 0.25) is 0 Å². The lowest BCUT2D eigenvalue weighted by atomic mass is 9.96. The second-order valence-corrected chi connectivity index (χ2v) is 4.69. The molecule has 0 aromatic heterocycles. The first-order valence-electron chi connectivity index (χ1n) is 6.41. The lowest BCUT2D eigenvalue weighted by Crippen LogP contribution is -2.17. The van der Waals surface area contributed by atoms with Crippen molar-refractivity contribution in [1.29, 1.82) is 0 Å². The highest BCUT2D eigenvalue weighted by molar-refractivity contribution is 5.66. The van der Waals surface area contributed by atoms with Gasteiger partial charge in [0.2, 0.25) is 6.79 Å². The maximum absolute atomic E-state index is 10.6. The van der Waals surface area contributed by atoms with Gasteiger partial charge >= 0.3 is 5.97 Å². The highest BCUT2D eigenvalue weighted by atomic mass is 16.7. The molecule has 2 rings (SSSR count). The molecule has 5 heteroatoms. The van der Waals surface area contributed by atoms with E-state index in [1.54, 1.807) is 0 Å². The third-order valence-corrected chi connectivity index (χ3v) is 3.37. The van der Waals surface area contributed by atoms with Crippen LogP contribution in [0.1, 0.15) is 36.4 Å². The van der Waals surface area contributed by atoms with Gasteiger partial charge in [-0.1, -0.05) is 0 Å². The molecule has 0 amide bonds. The van der Waals surface area contributed by atoms with Gasteiger partial charge in [0.25, 0.3) is 0 Å². The van der Waals surface area contributed by atoms with Crippen molar-refractivity contribution >= 4 is 5.97 Å². The molecule has 19 heavy (non-hydrogen) atoms. The lowest BCUT2D eigenvalue weighted by Gasteiger charge is -2.19. The number of hydrogen-bond acceptors (Lipinski definition) is 4. The number of fused-ring (bicyclic) bond motifs is 1. The van der Waals surface area contributed by atoms with Crippen molar-refractivity contribution in [3.63, 3.8) is 0 Å². The zero-order valence-corrected chi connectivity index (χ0v) is 11.2. The van der Waals surface area contributed by atoms with E-state index >= 15 is 0 Å². The zero-order chi connectivity index (χ0) is 13.8.